The smallest absolute Gasteiger partial charge is 0.316 e. The van der Waals surface area contributed by atoms with E-state index in [1.807, 2.05) is 42.5 Å². The molecule has 126 valence electrons. The molecule has 0 unspecified atom stereocenters. The molecule has 5 heteroatoms. The van der Waals surface area contributed by atoms with Crippen LogP contribution in [-0.2, 0) is 9.59 Å². The number of ether oxygens (including phenoxy) is 1. The molecule has 0 aliphatic rings. The Bertz CT molecular complexity index is 728. The molecule has 1 N–H and O–H groups in total. The molecule has 0 fully saturated rings. The van der Waals surface area contributed by atoms with Gasteiger partial charge < -0.3 is 14.3 Å². The first-order valence-electron chi connectivity index (χ1n) is 7.62. The Kier molecular flexibility index (Phi) is 5.58. The molecule has 1 aromatic carbocycles. The van der Waals surface area contributed by atoms with Crippen molar-refractivity contribution >= 4 is 22.9 Å². The Balaban J connectivity index is 0.000000242. The number of aliphatic carboxylic acids is 1. The zero-order chi connectivity index (χ0) is 17.6. The summed E-state index contributed by atoms with van der Waals surface area (Å²) in [7, 11) is 0. The molecular weight excluding hydrogens is 308 g/mol. The number of hydrogen-bond donors (Lipinski definition) is 1. The number of carbonyl (C=O) groups is 2. The van der Waals surface area contributed by atoms with Gasteiger partial charge in [-0.3, -0.25) is 9.59 Å². The molecule has 3 rings (SSSR count). The number of hydrogen-bond acceptors (Lipinski definition) is 4. The fraction of sp³-hybridized carbons (Fsp3) is 0.263. The van der Waals surface area contributed by atoms with Crippen LogP contribution in [0.15, 0.2) is 59.0 Å². The fourth-order valence-corrected chi connectivity index (χ4v) is 1.92. The van der Waals surface area contributed by atoms with Gasteiger partial charge in [-0.2, -0.15) is 0 Å². The van der Waals surface area contributed by atoms with Crippen LogP contribution in [0.1, 0.15) is 20.3 Å². The van der Waals surface area contributed by atoms with Gasteiger partial charge in [0.05, 0.1) is 6.61 Å². The average molecular weight is 328 g/mol. The first kappa shape index (κ1) is 17.5. The van der Waals surface area contributed by atoms with Crippen molar-refractivity contribution in [1.29, 1.82) is 0 Å². The van der Waals surface area contributed by atoms with Gasteiger partial charge >= 0.3 is 5.97 Å². The van der Waals surface area contributed by atoms with Gasteiger partial charge in [0.2, 0.25) is 0 Å². The van der Waals surface area contributed by atoms with E-state index in [0.29, 0.717) is 5.75 Å². The quantitative estimate of drug-likeness (QED) is 0.692. The number of fused-ring (bicyclic) bond motifs is 2. The lowest BCUT2D eigenvalue weighted by Crippen LogP contribution is -2.34. The van der Waals surface area contributed by atoms with E-state index in [1.165, 1.54) is 13.8 Å². The lowest BCUT2D eigenvalue weighted by molar-refractivity contribution is -0.152. The maximum absolute atomic E-state index is 11.6. The first-order valence-corrected chi connectivity index (χ1v) is 7.62. The number of carboxylic acid groups (broad SMARTS) is 1. The normalized spacial score (nSPS) is 10.9. The van der Waals surface area contributed by atoms with E-state index in [4.69, 9.17) is 14.3 Å². The number of Topliss-reactive ketones (excluding diaryl/α,β-unsaturated/α-hetero) is 1. The van der Waals surface area contributed by atoms with Crippen molar-refractivity contribution in [2.45, 2.75) is 20.3 Å². The van der Waals surface area contributed by atoms with Gasteiger partial charge in [-0.25, -0.2) is 0 Å². The third kappa shape index (κ3) is 4.59. The molecule has 0 saturated carbocycles. The standard InChI is InChI=1S/C13H16O4.C6H4O/c1-13(2,12(15)16)11(14)8-9-17-10-6-4-3-5-7-10;1-2-6-4-3-5(1)7-6/h3-7H,8-9H2,1-2H3,(H,15,16);1-4H. The monoisotopic (exact) mass is 328 g/mol. The fourth-order valence-electron chi connectivity index (χ4n) is 1.92. The molecule has 24 heavy (non-hydrogen) atoms. The summed E-state index contributed by atoms with van der Waals surface area (Å²) >= 11 is 0. The number of para-hydroxylation sites is 1. The molecule has 0 saturated heterocycles. The van der Waals surface area contributed by atoms with Crippen LogP contribution in [0.5, 0.6) is 5.75 Å². The maximum atomic E-state index is 11.6. The SMILES string of the molecule is CC(C)(C(=O)O)C(=O)CCOc1ccccc1.c1cc2ccc1o2. The number of carboxylic acids is 1. The lowest BCUT2D eigenvalue weighted by Gasteiger charge is -2.17. The summed E-state index contributed by atoms with van der Waals surface area (Å²) in [6.45, 7) is 3.00. The number of furan rings is 2. The molecule has 0 radical (unpaired) electrons. The first-order chi connectivity index (χ1) is 11.4. The number of carbonyl (C=O) groups excluding carboxylic acids is 1. The minimum atomic E-state index is -1.35. The van der Waals surface area contributed by atoms with Gasteiger partial charge in [0.25, 0.3) is 0 Å². The molecule has 3 aromatic rings. The maximum Gasteiger partial charge on any atom is 0.316 e. The van der Waals surface area contributed by atoms with E-state index >= 15 is 0 Å². The predicted octanol–water partition coefficient (Wildman–Crippen LogP) is 4.01. The van der Waals surface area contributed by atoms with Crippen molar-refractivity contribution in [2.75, 3.05) is 6.61 Å². The number of benzene rings is 2. The number of rotatable bonds is 6. The van der Waals surface area contributed by atoms with Crippen LogP contribution < -0.4 is 4.74 Å². The molecule has 0 amide bonds. The Morgan fingerprint density at radius 1 is 1.00 bits per heavy atom. The second-order valence-electron chi connectivity index (χ2n) is 5.84. The molecule has 0 aliphatic heterocycles. The van der Waals surface area contributed by atoms with Gasteiger partial charge in [-0.1, -0.05) is 18.2 Å². The summed E-state index contributed by atoms with van der Waals surface area (Å²) in [5.74, 6) is -0.767. The van der Waals surface area contributed by atoms with Crippen LogP contribution in [0.25, 0.3) is 11.2 Å². The molecule has 5 nitrogen and oxygen atoms in total. The van der Waals surface area contributed by atoms with Crippen LogP contribution >= 0.6 is 0 Å². The highest BCUT2D eigenvalue weighted by molar-refractivity contribution is 6.02. The minimum absolute atomic E-state index is 0.0915. The second-order valence-corrected chi connectivity index (χ2v) is 5.84. The third-order valence-electron chi connectivity index (χ3n) is 3.63. The Labute approximate surface area is 140 Å². The molecule has 2 heterocycles. The van der Waals surface area contributed by atoms with Crippen LogP contribution in [0.3, 0.4) is 0 Å². The van der Waals surface area contributed by atoms with Gasteiger partial charge in [-0.05, 0) is 50.2 Å². The Morgan fingerprint density at radius 3 is 1.96 bits per heavy atom. The molecule has 2 bridgehead atoms. The Morgan fingerprint density at radius 2 is 1.54 bits per heavy atom. The van der Waals surface area contributed by atoms with Gasteiger partial charge in [0, 0.05) is 6.42 Å². The summed E-state index contributed by atoms with van der Waals surface area (Å²) in [4.78, 5) is 22.5. The zero-order valence-electron chi connectivity index (χ0n) is 13.7. The van der Waals surface area contributed by atoms with Crippen molar-refractivity contribution in [3.8, 4) is 5.75 Å². The van der Waals surface area contributed by atoms with Crippen molar-refractivity contribution < 1.29 is 23.8 Å². The van der Waals surface area contributed by atoms with Crippen molar-refractivity contribution in [3.63, 3.8) is 0 Å². The topological polar surface area (TPSA) is 76.7 Å². The molecule has 0 spiro atoms. The average Bonchev–Trinajstić information content (AvgIpc) is 3.21. The van der Waals surface area contributed by atoms with Gasteiger partial charge in [0.15, 0.2) is 5.78 Å². The molecule has 0 aliphatic carbocycles. The lowest BCUT2D eigenvalue weighted by atomic mass is 9.87. The van der Waals surface area contributed by atoms with Crippen LogP contribution in [-0.4, -0.2) is 23.5 Å². The van der Waals surface area contributed by atoms with Crippen molar-refractivity contribution in [1.82, 2.24) is 0 Å². The van der Waals surface area contributed by atoms with E-state index in [-0.39, 0.29) is 18.8 Å². The zero-order valence-corrected chi connectivity index (χ0v) is 13.7. The minimum Gasteiger partial charge on any atom is -0.493 e. The van der Waals surface area contributed by atoms with Crippen molar-refractivity contribution in [2.24, 2.45) is 5.41 Å². The summed E-state index contributed by atoms with van der Waals surface area (Å²) in [6, 6.07) is 16.9. The van der Waals surface area contributed by atoms with E-state index in [2.05, 4.69) is 0 Å². The summed E-state index contributed by atoms with van der Waals surface area (Å²) < 4.78 is 10.4. The predicted molar refractivity (Wildman–Crippen MR) is 90.4 cm³/mol. The summed E-state index contributed by atoms with van der Waals surface area (Å²) in [5.41, 5.74) is 0.588. The van der Waals surface area contributed by atoms with E-state index in [9.17, 15) is 9.59 Å². The van der Waals surface area contributed by atoms with Crippen LogP contribution in [0, 0.1) is 5.41 Å². The van der Waals surface area contributed by atoms with Gasteiger partial charge in [0.1, 0.15) is 22.3 Å². The summed E-state index contributed by atoms with van der Waals surface area (Å²) in [5, 5.41) is 8.87. The highest BCUT2D eigenvalue weighted by Gasteiger charge is 2.35. The molecular formula is C19H20O5. The second kappa shape index (κ2) is 7.64. The van der Waals surface area contributed by atoms with Crippen LogP contribution in [0.2, 0.25) is 0 Å². The largest absolute Gasteiger partial charge is 0.493 e. The molecule has 0 atom stereocenters. The van der Waals surface area contributed by atoms with Gasteiger partial charge in [-0.15, -0.1) is 0 Å². The molecule has 2 aromatic heterocycles. The van der Waals surface area contributed by atoms with Crippen molar-refractivity contribution in [3.05, 3.63) is 54.6 Å². The van der Waals surface area contributed by atoms with E-state index in [1.54, 1.807) is 12.1 Å². The number of ketones is 1. The Hall–Kier alpha value is -2.82. The summed E-state index contributed by atoms with van der Waals surface area (Å²) in [6.07, 6.45) is 0.0915. The van der Waals surface area contributed by atoms with E-state index < -0.39 is 11.4 Å². The highest BCUT2D eigenvalue weighted by Crippen LogP contribution is 2.19. The van der Waals surface area contributed by atoms with E-state index in [0.717, 1.165) is 11.2 Å². The van der Waals surface area contributed by atoms with Crippen LogP contribution in [0.4, 0.5) is 0 Å². The highest BCUT2D eigenvalue weighted by atomic mass is 16.5. The third-order valence-corrected chi connectivity index (χ3v) is 3.63.